The van der Waals surface area contributed by atoms with Crippen LogP contribution in [-0.2, 0) is 4.79 Å². The summed E-state index contributed by atoms with van der Waals surface area (Å²) in [5.74, 6) is -1.33. The Bertz CT molecular complexity index is 503. The number of benzene rings is 1. The summed E-state index contributed by atoms with van der Waals surface area (Å²) < 4.78 is 0.607. The van der Waals surface area contributed by atoms with Crippen molar-refractivity contribution in [1.29, 1.82) is 0 Å². The van der Waals surface area contributed by atoms with Crippen molar-refractivity contribution in [2.45, 2.75) is 0 Å². The first kappa shape index (κ1) is 13.2. The van der Waals surface area contributed by atoms with E-state index in [1.165, 1.54) is 4.90 Å². The summed E-state index contributed by atoms with van der Waals surface area (Å²) in [4.78, 5) is 23.8. The first-order chi connectivity index (χ1) is 8.49. The highest BCUT2D eigenvalue weighted by molar-refractivity contribution is 9.10. The van der Waals surface area contributed by atoms with Crippen LogP contribution in [-0.4, -0.2) is 35.1 Å². The Morgan fingerprint density at radius 3 is 2.72 bits per heavy atom. The average molecular weight is 334 g/mol. The van der Waals surface area contributed by atoms with Gasteiger partial charge in [0.2, 0.25) is 0 Å². The smallest absolute Gasteiger partial charge is 0.321 e. The number of likely N-dealkylation sites (tertiary alicyclic amines) is 1. The molecule has 0 saturated carbocycles. The second-order valence-corrected chi connectivity index (χ2v) is 5.17. The Morgan fingerprint density at radius 1 is 1.44 bits per heavy atom. The molecular weight excluding hydrogens is 323 g/mol. The van der Waals surface area contributed by atoms with Crippen molar-refractivity contribution in [3.05, 3.63) is 27.7 Å². The lowest BCUT2D eigenvalue weighted by Gasteiger charge is -2.36. The number of carbonyl (C=O) groups excluding carboxylic acids is 1. The number of hydrogen-bond donors (Lipinski definition) is 2. The summed E-state index contributed by atoms with van der Waals surface area (Å²) in [5.41, 5.74) is 0.561. The van der Waals surface area contributed by atoms with Crippen LogP contribution in [0.25, 0.3) is 0 Å². The lowest BCUT2D eigenvalue weighted by Crippen LogP contribution is -2.54. The number of carboxylic acid groups (broad SMARTS) is 1. The molecule has 1 aliphatic rings. The van der Waals surface area contributed by atoms with Gasteiger partial charge >= 0.3 is 12.0 Å². The number of carboxylic acids is 1. The molecule has 0 spiro atoms. The molecule has 0 unspecified atom stereocenters. The molecule has 18 heavy (non-hydrogen) atoms. The molecule has 0 bridgehead atoms. The number of anilines is 1. The van der Waals surface area contributed by atoms with Crippen LogP contribution in [0.5, 0.6) is 0 Å². The van der Waals surface area contributed by atoms with Crippen LogP contribution in [0.1, 0.15) is 0 Å². The molecule has 1 aliphatic heterocycles. The quantitative estimate of drug-likeness (QED) is 0.874. The van der Waals surface area contributed by atoms with Crippen molar-refractivity contribution in [3.8, 4) is 0 Å². The lowest BCUT2D eigenvalue weighted by atomic mass is 10.0. The van der Waals surface area contributed by atoms with Gasteiger partial charge in [-0.25, -0.2) is 4.79 Å². The maximum atomic E-state index is 11.8. The summed E-state index contributed by atoms with van der Waals surface area (Å²) in [6.07, 6.45) is 0. The third-order valence-corrected chi connectivity index (χ3v) is 4.11. The first-order valence-electron chi connectivity index (χ1n) is 5.22. The Kier molecular flexibility index (Phi) is 3.77. The van der Waals surface area contributed by atoms with Crippen molar-refractivity contribution in [2.75, 3.05) is 18.4 Å². The molecule has 1 aromatic carbocycles. The Balaban J connectivity index is 1.97. The summed E-state index contributed by atoms with van der Waals surface area (Å²) in [5, 5.41) is 11.9. The number of carbonyl (C=O) groups is 2. The standard InChI is InChI=1S/C11H10BrClN2O3/c12-9-7(13)2-1-3-8(9)14-11(18)15-4-6(5-15)10(16)17/h1-3,6H,4-5H2,(H,14,18)(H,16,17). The van der Waals surface area contributed by atoms with Gasteiger partial charge in [0.1, 0.15) is 0 Å². The van der Waals surface area contributed by atoms with E-state index in [9.17, 15) is 9.59 Å². The molecule has 1 fully saturated rings. The van der Waals surface area contributed by atoms with E-state index in [0.717, 1.165) is 0 Å². The van der Waals surface area contributed by atoms with Crippen molar-refractivity contribution < 1.29 is 14.7 Å². The zero-order valence-electron chi connectivity index (χ0n) is 9.19. The van der Waals surface area contributed by atoms with Gasteiger partial charge in [-0.2, -0.15) is 0 Å². The van der Waals surface area contributed by atoms with Crippen molar-refractivity contribution in [1.82, 2.24) is 4.90 Å². The zero-order chi connectivity index (χ0) is 13.3. The van der Waals surface area contributed by atoms with Gasteiger partial charge < -0.3 is 15.3 Å². The van der Waals surface area contributed by atoms with Crippen LogP contribution in [0.4, 0.5) is 10.5 Å². The summed E-state index contributed by atoms with van der Waals surface area (Å²) in [6.45, 7) is 0.471. The highest BCUT2D eigenvalue weighted by Crippen LogP contribution is 2.30. The number of nitrogens with one attached hydrogen (secondary N) is 1. The molecule has 0 radical (unpaired) electrons. The molecule has 5 nitrogen and oxygen atoms in total. The Morgan fingerprint density at radius 2 is 2.11 bits per heavy atom. The van der Waals surface area contributed by atoms with E-state index in [2.05, 4.69) is 21.2 Å². The van der Waals surface area contributed by atoms with E-state index in [0.29, 0.717) is 15.2 Å². The van der Waals surface area contributed by atoms with Crippen LogP contribution in [0.15, 0.2) is 22.7 Å². The van der Waals surface area contributed by atoms with Crippen LogP contribution < -0.4 is 5.32 Å². The van der Waals surface area contributed by atoms with Gasteiger partial charge in [0.25, 0.3) is 0 Å². The van der Waals surface area contributed by atoms with Crippen LogP contribution in [0, 0.1) is 5.92 Å². The Labute approximate surface area is 117 Å². The van der Waals surface area contributed by atoms with Gasteiger partial charge in [0, 0.05) is 13.1 Å². The van der Waals surface area contributed by atoms with Gasteiger partial charge in [-0.3, -0.25) is 4.79 Å². The molecule has 7 heteroatoms. The molecule has 2 N–H and O–H groups in total. The highest BCUT2D eigenvalue weighted by atomic mass is 79.9. The van der Waals surface area contributed by atoms with Gasteiger partial charge in [-0.15, -0.1) is 0 Å². The van der Waals surface area contributed by atoms with Crippen molar-refractivity contribution >= 4 is 45.2 Å². The van der Waals surface area contributed by atoms with E-state index in [1.807, 2.05) is 0 Å². The maximum absolute atomic E-state index is 11.8. The van der Waals surface area contributed by atoms with Gasteiger partial charge in [-0.05, 0) is 28.1 Å². The maximum Gasteiger partial charge on any atom is 0.321 e. The fourth-order valence-electron chi connectivity index (χ4n) is 1.60. The van der Waals surface area contributed by atoms with Crippen LogP contribution in [0.2, 0.25) is 5.02 Å². The monoisotopic (exact) mass is 332 g/mol. The minimum Gasteiger partial charge on any atom is -0.481 e. The molecule has 1 heterocycles. The zero-order valence-corrected chi connectivity index (χ0v) is 11.5. The molecule has 96 valence electrons. The van der Waals surface area contributed by atoms with Gasteiger partial charge in [-0.1, -0.05) is 17.7 Å². The summed E-state index contributed by atoms with van der Waals surface area (Å²) >= 11 is 9.17. The molecule has 1 aromatic rings. The lowest BCUT2D eigenvalue weighted by molar-refractivity contribution is -0.145. The van der Waals surface area contributed by atoms with Crippen LogP contribution in [0.3, 0.4) is 0 Å². The first-order valence-corrected chi connectivity index (χ1v) is 6.39. The predicted molar refractivity (Wildman–Crippen MR) is 70.9 cm³/mol. The number of halogens is 2. The molecule has 1 saturated heterocycles. The van der Waals surface area contributed by atoms with E-state index < -0.39 is 11.9 Å². The molecule has 0 aromatic heterocycles. The van der Waals surface area contributed by atoms with E-state index in [-0.39, 0.29) is 19.1 Å². The fourth-order valence-corrected chi connectivity index (χ4v) is 2.13. The average Bonchev–Trinajstić information content (AvgIpc) is 2.22. The molecule has 2 rings (SSSR count). The molecular formula is C11H10BrClN2O3. The third kappa shape index (κ3) is 2.59. The number of rotatable bonds is 2. The molecule has 0 atom stereocenters. The SMILES string of the molecule is O=C(O)C1CN(C(=O)Nc2cccc(Cl)c2Br)C1. The van der Waals surface area contributed by atoms with E-state index in [4.69, 9.17) is 16.7 Å². The predicted octanol–water partition coefficient (Wildman–Crippen LogP) is 2.65. The summed E-state index contributed by atoms with van der Waals surface area (Å²) in [6, 6.07) is 4.81. The normalized spacial score (nSPS) is 15.1. The highest BCUT2D eigenvalue weighted by Gasteiger charge is 2.35. The van der Waals surface area contributed by atoms with Crippen molar-refractivity contribution in [3.63, 3.8) is 0 Å². The molecule has 0 aliphatic carbocycles. The second-order valence-electron chi connectivity index (χ2n) is 3.97. The van der Waals surface area contributed by atoms with E-state index >= 15 is 0 Å². The van der Waals surface area contributed by atoms with Gasteiger partial charge in [0.15, 0.2) is 0 Å². The second kappa shape index (κ2) is 5.16. The topological polar surface area (TPSA) is 69.6 Å². The minimum atomic E-state index is -0.872. The fraction of sp³-hybridized carbons (Fsp3) is 0.273. The number of amides is 2. The number of urea groups is 1. The minimum absolute atomic E-state index is 0.235. The summed E-state index contributed by atoms with van der Waals surface area (Å²) in [7, 11) is 0. The van der Waals surface area contributed by atoms with Gasteiger partial charge in [0.05, 0.1) is 21.1 Å². The Hall–Kier alpha value is -1.27. The number of nitrogens with zero attached hydrogens (tertiary/aromatic N) is 1. The third-order valence-electron chi connectivity index (χ3n) is 2.71. The van der Waals surface area contributed by atoms with Crippen LogP contribution >= 0.6 is 27.5 Å². The van der Waals surface area contributed by atoms with E-state index in [1.54, 1.807) is 18.2 Å². The van der Waals surface area contributed by atoms with Crippen molar-refractivity contribution in [2.24, 2.45) is 5.92 Å². The largest absolute Gasteiger partial charge is 0.481 e. The molecule has 2 amide bonds. The number of hydrogen-bond acceptors (Lipinski definition) is 2. The number of aliphatic carboxylic acids is 1.